The summed E-state index contributed by atoms with van der Waals surface area (Å²) in [6.45, 7) is 3.82. The number of rotatable bonds is 5. The Bertz CT molecular complexity index is 458. The van der Waals surface area contributed by atoms with Crippen LogP contribution in [0.3, 0.4) is 0 Å². The van der Waals surface area contributed by atoms with Crippen LogP contribution >= 0.6 is 24.0 Å². The van der Waals surface area contributed by atoms with E-state index in [0.29, 0.717) is 0 Å². The summed E-state index contributed by atoms with van der Waals surface area (Å²) >= 11 is 0. The van der Waals surface area contributed by atoms with Gasteiger partial charge in [0.25, 0.3) is 0 Å². The summed E-state index contributed by atoms with van der Waals surface area (Å²) in [5, 5.41) is 6.67. The number of halogens is 1. The van der Waals surface area contributed by atoms with E-state index in [2.05, 4.69) is 33.8 Å². The highest BCUT2D eigenvalue weighted by Crippen LogP contribution is 2.27. The topological polar surface area (TPSA) is 45.7 Å². The Morgan fingerprint density at radius 3 is 2.70 bits per heavy atom. The highest BCUT2D eigenvalue weighted by molar-refractivity contribution is 14.0. The fourth-order valence-corrected chi connectivity index (χ4v) is 1.94. The van der Waals surface area contributed by atoms with Gasteiger partial charge in [-0.2, -0.15) is 0 Å². The van der Waals surface area contributed by atoms with Gasteiger partial charge in [0, 0.05) is 20.1 Å². The minimum atomic E-state index is 0. The van der Waals surface area contributed by atoms with Crippen molar-refractivity contribution in [2.75, 3.05) is 20.7 Å². The van der Waals surface area contributed by atoms with Gasteiger partial charge >= 0.3 is 0 Å². The molecule has 4 nitrogen and oxygen atoms in total. The fraction of sp³-hybridized carbons (Fsp3) is 0.533. The number of ether oxygens (including phenoxy) is 1. The van der Waals surface area contributed by atoms with E-state index < -0.39 is 0 Å². The Morgan fingerprint density at radius 1 is 1.35 bits per heavy atom. The highest BCUT2D eigenvalue weighted by atomic mass is 127. The number of hydrogen-bond acceptors (Lipinski definition) is 2. The molecule has 20 heavy (non-hydrogen) atoms. The first-order chi connectivity index (χ1) is 9.22. The molecule has 1 fully saturated rings. The number of nitrogens with zero attached hydrogens (tertiary/aromatic N) is 1. The molecule has 2 rings (SSSR count). The van der Waals surface area contributed by atoms with Crippen LogP contribution in [-0.2, 0) is 6.54 Å². The molecule has 1 aromatic carbocycles. The third-order valence-corrected chi connectivity index (χ3v) is 3.41. The van der Waals surface area contributed by atoms with Gasteiger partial charge in [-0.3, -0.25) is 4.99 Å². The smallest absolute Gasteiger partial charge is 0.191 e. The number of guanidine groups is 1. The van der Waals surface area contributed by atoms with E-state index in [0.717, 1.165) is 36.3 Å². The zero-order chi connectivity index (χ0) is 13.7. The normalized spacial score (nSPS) is 14.4. The van der Waals surface area contributed by atoms with Crippen molar-refractivity contribution in [3.05, 3.63) is 29.3 Å². The van der Waals surface area contributed by atoms with Crippen molar-refractivity contribution in [3.63, 3.8) is 0 Å². The predicted molar refractivity (Wildman–Crippen MR) is 94.1 cm³/mol. The lowest BCUT2D eigenvalue weighted by molar-refractivity contribution is 0.411. The molecule has 5 heteroatoms. The van der Waals surface area contributed by atoms with Gasteiger partial charge in [0.15, 0.2) is 5.96 Å². The third-order valence-electron chi connectivity index (χ3n) is 3.41. The summed E-state index contributed by atoms with van der Waals surface area (Å²) in [6.07, 6.45) is 2.69. The molecule has 0 aromatic heterocycles. The maximum Gasteiger partial charge on any atom is 0.191 e. The second-order valence-corrected chi connectivity index (χ2v) is 5.05. The first-order valence-electron chi connectivity index (χ1n) is 6.81. The molecule has 1 saturated carbocycles. The minimum Gasteiger partial charge on any atom is -0.496 e. The molecule has 0 atom stereocenters. The summed E-state index contributed by atoms with van der Waals surface area (Å²) in [5.74, 6) is 2.64. The van der Waals surface area contributed by atoms with E-state index in [9.17, 15) is 0 Å². The number of nitrogens with one attached hydrogen (secondary N) is 2. The lowest BCUT2D eigenvalue weighted by atomic mass is 10.1. The van der Waals surface area contributed by atoms with E-state index in [4.69, 9.17) is 4.74 Å². The van der Waals surface area contributed by atoms with Crippen molar-refractivity contribution >= 4 is 29.9 Å². The van der Waals surface area contributed by atoms with Crippen LogP contribution in [0.25, 0.3) is 0 Å². The quantitative estimate of drug-likeness (QED) is 0.463. The molecular formula is C15H24IN3O. The molecular weight excluding hydrogens is 365 g/mol. The number of methoxy groups -OCH3 is 1. The van der Waals surface area contributed by atoms with E-state index in [1.165, 1.54) is 18.4 Å². The predicted octanol–water partition coefficient (Wildman–Crippen LogP) is 2.70. The van der Waals surface area contributed by atoms with E-state index >= 15 is 0 Å². The molecule has 0 spiro atoms. The van der Waals surface area contributed by atoms with Crippen LogP contribution in [-0.4, -0.2) is 26.7 Å². The standard InChI is InChI=1S/C15H23N3O.HI/c1-11-4-5-13(8-14(11)19-3)10-18-15(16-2)17-9-12-6-7-12;/h4-5,8,12H,6-7,9-10H2,1-3H3,(H2,16,17,18);1H. The molecule has 0 aliphatic heterocycles. The zero-order valence-corrected chi connectivity index (χ0v) is 14.7. The third kappa shape index (κ3) is 5.19. The minimum absolute atomic E-state index is 0. The Balaban J connectivity index is 0.00000200. The Morgan fingerprint density at radius 2 is 2.10 bits per heavy atom. The average molecular weight is 389 g/mol. The molecule has 0 radical (unpaired) electrons. The van der Waals surface area contributed by atoms with Gasteiger partial charge < -0.3 is 15.4 Å². The zero-order valence-electron chi connectivity index (χ0n) is 12.4. The summed E-state index contributed by atoms with van der Waals surface area (Å²) in [6, 6.07) is 6.26. The van der Waals surface area contributed by atoms with Crippen molar-refractivity contribution in [1.29, 1.82) is 0 Å². The van der Waals surface area contributed by atoms with E-state index in [1.807, 2.05) is 6.92 Å². The van der Waals surface area contributed by atoms with Gasteiger partial charge in [-0.05, 0) is 42.9 Å². The lowest BCUT2D eigenvalue weighted by Crippen LogP contribution is -2.37. The van der Waals surface area contributed by atoms with Gasteiger partial charge in [-0.15, -0.1) is 24.0 Å². The molecule has 112 valence electrons. The lowest BCUT2D eigenvalue weighted by Gasteiger charge is -2.12. The van der Waals surface area contributed by atoms with Crippen LogP contribution in [0.2, 0.25) is 0 Å². The molecule has 2 N–H and O–H groups in total. The van der Waals surface area contributed by atoms with Gasteiger partial charge in [0.1, 0.15) is 5.75 Å². The Labute approximate surface area is 138 Å². The van der Waals surface area contributed by atoms with Crippen LogP contribution in [0.1, 0.15) is 24.0 Å². The molecule has 1 aromatic rings. The van der Waals surface area contributed by atoms with Crippen molar-refractivity contribution in [1.82, 2.24) is 10.6 Å². The first-order valence-corrected chi connectivity index (χ1v) is 6.81. The molecule has 0 saturated heterocycles. The molecule has 0 heterocycles. The number of benzene rings is 1. The second kappa shape index (κ2) is 8.34. The Hall–Kier alpha value is -0.980. The monoisotopic (exact) mass is 389 g/mol. The SMILES string of the molecule is CN=C(NCc1ccc(C)c(OC)c1)NCC1CC1.I. The van der Waals surface area contributed by atoms with E-state index in [-0.39, 0.29) is 24.0 Å². The Kier molecular flexibility index (Phi) is 7.12. The van der Waals surface area contributed by atoms with E-state index in [1.54, 1.807) is 14.2 Å². The summed E-state index contributed by atoms with van der Waals surface area (Å²) in [7, 11) is 3.51. The second-order valence-electron chi connectivity index (χ2n) is 5.05. The first kappa shape index (κ1) is 17.1. The van der Waals surface area contributed by atoms with Crippen molar-refractivity contribution < 1.29 is 4.74 Å². The van der Waals surface area contributed by atoms with Crippen molar-refractivity contribution in [3.8, 4) is 5.75 Å². The summed E-state index contributed by atoms with van der Waals surface area (Å²) in [5.41, 5.74) is 2.35. The van der Waals surface area contributed by atoms with Gasteiger partial charge in [-0.1, -0.05) is 12.1 Å². The largest absolute Gasteiger partial charge is 0.496 e. The van der Waals surface area contributed by atoms with Gasteiger partial charge in [0.05, 0.1) is 7.11 Å². The van der Waals surface area contributed by atoms with Crippen molar-refractivity contribution in [2.24, 2.45) is 10.9 Å². The van der Waals surface area contributed by atoms with Crippen LogP contribution in [0.5, 0.6) is 5.75 Å². The van der Waals surface area contributed by atoms with Gasteiger partial charge in [0.2, 0.25) is 0 Å². The van der Waals surface area contributed by atoms with Gasteiger partial charge in [-0.25, -0.2) is 0 Å². The fourth-order valence-electron chi connectivity index (χ4n) is 1.94. The molecule has 1 aliphatic carbocycles. The van der Waals surface area contributed by atoms with Crippen LogP contribution in [0, 0.1) is 12.8 Å². The van der Waals surface area contributed by atoms with Crippen LogP contribution < -0.4 is 15.4 Å². The number of aliphatic imine (C=N–C) groups is 1. The molecule has 0 amide bonds. The number of hydrogen-bond donors (Lipinski definition) is 2. The maximum absolute atomic E-state index is 5.33. The summed E-state index contributed by atoms with van der Waals surface area (Å²) < 4.78 is 5.33. The summed E-state index contributed by atoms with van der Waals surface area (Å²) in [4.78, 5) is 4.23. The molecule has 1 aliphatic rings. The van der Waals surface area contributed by atoms with Crippen molar-refractivity contribution in [2.45, 2.75) is 26.3 Å². The van der Waals surface area contributed by atoms with Crippen LogP contribution in [0.4, 0.5) is 0 Å². The highest BCUT2D eigenvalue weighted by Gasteiger charge is 2.20. The van der Waals surface area contributed by atoms with Crippen LogP contribution in [0.15, 0.2) is 23.2 Å². The number of aryl methyl sites for hydroxylation is 1. The molecule has 0 bridgehead atoms. The molecule has 0 unspecified atom stereocenters. The maximum atomic E-state index is 5.33. The average Bonchev–Trinajstić information content (AvgIpc) is 3.24.